The second-order valence-electron chi connectivity index (χ2n) is 11.4. The molecule has 2 aliphatic rings. The van der Waals surface area contributed by atoms with E-state index in [1.165, 1.54) is 45.4 Å². The van der Waals surface area contributed by atoms with Gasteiger partial charge in [-0.15, -0.1) is 0 Å². The Balaban J connectivity index is 0.000000406. The number of non-ortho nitro benzene ring substituents is 1. The third kappa shape index (κ3) is 13.2. The van der Waals surface area contributed by atoms with Crippen molar-refractivity contribution in [1.82, 2.24) is 0 Å². The molecule has 1 saturated heterocycles. The molecule has 0 amide bonds. The van der Waals surface area contributed by atoms with Crippen molar-refractivity contribution >= 4 is 41.9 Å². The number of ether oxygens (including phenoxy) is 8. The largest absolute Gasteiger partial charge is 0.514 e. The summed E-state index contributed by atoms with van der Waals surface area (Å²) in [6, 6.07) is 9.91. The Morgan fingerprint density at radius 2 is 1.69 bits per heavy atom. The number of rotatable bonds is 12. The minimum absolute atomic E-state index is 0.0716. The number of esters is 3. The zero-order chi connectivity index (χ0) is 38.0. The molecular formula is C35H42N2O15. The van der Waals surface area contributed by atoms with E-state index in [1.807, 2.05) is 12.2 Å². The third-order valence-corrected chi connectivity index (χ3v) is 7.85. The van der Waals surface area contributed by atoms with Crippen LogP contribution in [0.4, 0.5) is 16.2 Å². The lowest BCUT2D eigenvalue weighted by molar-refractivity contribution is -0.384. The molecule has 5 unspecified atom stereocenters. The van der Waals surface area contributed by atoms with Crippen molar-refractivity contribution in [2.24, 2.45) is 5.92 Å². The average Bonchev–Trinajstić information content (AvgIpc) is 3.11. The summed E-state index contributed by atoms with van der Waals surface area (Å²) in [5, 5.41) is 13.7. The molecule has 2 aromatic carbocycles. The molecule has 0 radical (unpaired) electrons. The fraction of sp³-hybridized carbons (Fsp3) is 0.457. The fourth-order valence-corrected chi connectivity index (χ4v) is 5.31. The lowest BCUT2D eigenvalue weighted by Crippen LogP contribution is -2.44. The smallest absolute Gasteiger partial charge is 0.469 e. The number of carbonyl (C=O) groups excluding carboxylic acids is 5. The Labute approximate surface area is 299 Å². The van der Waals surface area contributed by atoms with Crippen molar-refractivity contribution < 1.29 is 66.8 Å². The van der Waals surface area contributed by atoms with Crippen LogP contribution in [0, 0.1) is 16.0 Å². The van der Waals surface area contributed by atoms with Gasteiger partial charge >= 0.3 is 24.1 Å². The fourth-order valence-electron chi connectivity index (χ4n) is 5.31. The third-order valence-electron chi connectivity index (χ3n) is 7.85. The van der Waals surface area contributed by atoms with Crippen molar-refractivity contribution in [3.63, 3.8) is 0 Å². The van der Waals surface area contributed by atoms with Crippen molar-refractivity contribution in [3.05, 3.63) is 70.3 Å². The summed E-state index contributed by atoms with van der Waals surface area (Å²) < 4.78 is 41.3. The molecule has 0 bridgehead atoms. The summed E-state index contributed by atoms with van der Waals surface area (Å²) in [7, 11) is 4.30. The minimum Gasteiger partial charge on any atom is -0.469 e. The van der Waals surface area contributed by atoms with E-state index in [1.54, 1.807) is 25.2 Å². The van der Waals surface area contributed by atoms with Crippen molar-refractivity contribution in [2.75, 3.05) is 26.6 Å². The molecule has 1 aliphatic heterocycles. The standard InChI is InChI=1S/C24H26N2O11.C11H16O4/c1-14(27)34-19-11-21(23(28)32-3)37-22(12-19)35-18-7-4-15(20(10-18)25-2)13-33-24(29)36-17-8-5-16(6-9-17)26(30)31;1-14-11(13)9-4-2-3-5-10(7-6-9)15-8-12/h4-10,19,21-22,25H,11-13H2,1-3H3;3,5,8-10H,2,4,6-7H2,1H3/b;5-3+. The van der Waals surface area contributed by atoms with Gasteiger partial charge in [0.15, 0.2) is 6.10 Å². The SMILES string of the molecule is CNc1cc(OC2CC(OC(C)=O)CC(C(=O)OC)O2)ccc1COC(=O)Oc1ccc([N+](=O)[O-])cc1.COC(=O)C1CC/C=C/C(OC=O)CC1. The van der Waals surface area contributed by atoms with Crippen molar-refractivity contribution in [1.29, 1.82) is 0 Å². The molecule has 52 heavy (non-hydrogen) atoms. The maximum Gasteiger partial charge on any atom is 0.514 e. The molecule has 0 aromatic heterocycles. The van der Waals surface area contributed by atoms with E-state index < -0.39 is 41.5 Å². The number of anilines is 1. The number of allylic oxidation sites excluding steroid dienone is 1. The Hall–Kier alpha value is -5.71. The molecule has 17 nitrogen and oxygen atoms in total. The van der Waals surface area contributed by atoms with Crippen LogP contribution in [0.3, 0.4) is 0 Å². The monoisotopic (exact) mass is 730 g/mol. The molecule has 17 heteroatoms. The van der Waals surface area contributed by atoms with Crippen LogP contribution in [-0.4, -0.2) is 81.3 Å². The zero-order valence-electron chi connectivity index (χ0n) is 29.2. The Bertz CT molecular complexity index is 1560. The summed E-state index contributed by atoms with van der Waals surface area (Å²) in [6.45, 7) is 1.59. The van der Waals surface area contributed by atoms with Crippen LogP contribution in [0.2, 0.25) is 0 Å². The van der Waals surface area contributed by atoms with Gasteiger partial charge < -0.3 is 43.2 Å². The van der Waals surface area contributed by atoms with Gasteiger partial charge in [0, 0.05) is 56.3 Å². The van der Waals surface area contributed by atoms with Crippen LogP contribution in [0.15, 0.2) is 54.6 Å². The number of nitrogens with zero attached hydrogens (tertiary/aromatic N) is 1. The zero-order valence-corrected chi connectivity index (χ0v) is 29.2. The number of methoxy groups -OCH3 is 2. The van der Waals surface area contributed by atoms with Crippen molar-refractivity contribution in [3.8, 4) is 11.5 Å². The highest BCUT2D eigenvalue weighted by molar-refractivity contribution is 5.75. The molecule has 4 rings (SSSR count). The highest BCUT2D eigenvalue weighted by atomic mass is 16.7. The number of carbonyl (C=O) groups is 5. The molecule has 5 atom stereocenters. The van der Waals surface area contributed by atoms with Gasteiger partial charge in [-0.1, -0.05) is 6.08 Å². The molecule has 282 valence electrons. The van der Waals surface area contributed by atoms with Gasteiger partial charge in [0.1, 0.15) is 30.3 Å². The summed E-state index contributed by atoms with van der Waals surface area (Å²) >= 11 is 0. The quantitative estimate of drug-likeness (QED) is 0.0591. The van der Waals surface area contributed by atoms with E-state index in [0.29, 0.717) is 36.3 Å². The first-order valence-electron chi connectivity index (χ1n) is 16.3. The number of benzene rings is 2. The molecule has 0 saturated carbocycles. The maximum atomic E-state index is 12.0. The Morgan fingerprint density at radius 3 is 2.33 bits per heavy atom. The van der Waals surface area contributed by atoms with Gasteiger partial charge in [-0.05, 0) is 56.0 Å². The predicted molar refractivity (Wildman–Crippen MR) is 180 cm³/mol. The Morgan fingerprint density at radius 1 is 0.981 bits per heavy atom. The van der Waals surface area contributed by atoms with E-state index in [-0.39, 0.29) is 48.9 Å². The summed E-state index contributed by atoms with van der Waals surface area (Å²) in [5.74, 6) is -0.845. The summed E-state index contributed by atoms with van der Waals surface area (Å²) in [5.41, 5.74) is 1.05. The van der Waals surface area contributed by atoms with Crippen LogP contribution in [0.25, 0.3) is 0 Å². The average molecular weight is 731 g/mol. The lowest BCUT2D eigenvalue weighted by atomic mass is 9.93. The van der Waals surface area contributed by atoms with Gasteiger partial charge in [-0.2, -0.15) is 0 Å². The van der Waals surface area contributed by atoms with E-state index in [4.69, 9.17) is 37.9 Å². The number of hydrogen-bond acceptors (Lipinski definition) is 16. The van der Waals surface area contributed by atoms with Gasteiger partial charge in [0.05, 0.1) is 25.1 Å². The van der Waals surface area contributed by atoms with Crippen LogP contribution < -0.4 is 14.8 Å². The van der Waals surface area contributed by atoms with Gasteiger partial charge in [-0.3, -0.25) is 24.5 Å². The van der Waals surface area contributed by atoms with Crippen molar-refractivity contribution in [2.45, 2.75) is 76.7 Å². The topological polar surface area (TPSA) is 214 Å². The number of nitro benzene ring substituents is 1. The van der Waals surface area contributed by atoms with E-state index in [0.717, 1.165) is 12.8 Å². The first kappa shape index (κ1) is 40.7. The molecule has 1 aliphatic carbocycles. The molecule has 0 spiro atoms. The van der Waals surface area contributed by atoms with Crippen LogP contribution in [0.1, 0.15) is 51.0 Å². The van der Waals surface area contributed by atoms with Gasteiger partial charge in [0.25, 0.3) is 12.2 Å². The lowest BCUT2D eigenvalue weighted by Gasteiger charge is -2.33. The first-order valence-corrected chi connectivity index (χ1v) is 16.3. The number of nitrogens with one attached hydrogen (secondary N) is 1. The van der Waals surface area contributed by atoms with Crippen LogP contribution in [0.5, 0.6) is 11.5 Å². The van der Waals surface area contributed by atoms with Gasteiger partial charge in [0.2, 0.25) is 6.29 Å². The van der Waals surface area contributed by atoms with E-state index in [9.17, 15) is 34.1 Å². The van der Waals surface area contributed by atoms with Gasteiger partial charge in [-0.25, -0.2) is 9.59 Å². The molecule has 1 heterocycles. The minimum atomic E-state index is -0.989. The van der Waals surface area contributed by atoms with Crippen LogP contribution in [-0.2, 0) is 54.2 Å². The van der Waals surface area contributed by atoms with E-state index in [2.05, 4.69) is 5.32 Å². The highest BCUT2D eigenvalue weighted by Gasteiger charge is 2.37. The normalized spacial score (nSPS) is 21.5. The summed E-state index contributed by atoms with van der Waals surface area (Å²) in [6.07, 6.45) is 3.58. The number of nitro groups is 1. The molecule has 1 fully saturated rings. The Kier molecular flexibility index (Phi) is 16.3. The second-order valence-corrected chi connectivity index (χ2v) is 11.4. The molecular weight excluding hydrogens is 688 g/mol. The number of hydrogen-bond donors (Lipinski definition) is 1. The highest BCUT2D eigenvalue weighted by Crippen LogP contribution is 2.29. The maximum absolute atomic E-state index is 12.0. The first-order chi connectivity index (χ1) is 25.0. The second kappa shape index (κ2) is 20.8. The molecule has 2 aromatic rings. The van der Waals surface area contributed by atoms with Crippen LogP contribution >= 0.6 is 0 Å². The predicted octanol–water partition coefficient (Wildman–Crippen LogP) is 4.79. The summed E-state index contributed by atoms with van der Waals surface area (Å²) in [4.78, 5) is 67.1. The van der Waals surface area contributed by atoms with E-state index >= 15 is 0 Å². The molecule has 1 N–H and O–H groups in total.